The molecule has 1 aliphatic carbocycles. The molecule has 0 unspecified atom stereocenters. The van der Waals surface area contributed by atoms with Crippen molar-refractivity contribution in [3.8, 4) is 0 Å². The van der Waals surface area contributed by atoms with E-state index < -0.39 is 10.0 Å². The first-order valence-electron chi connectivity index (χ1n) is 6.11. The van der Waals surface area contributed by atoms with Crippen LogP contribution in [0.5, 0.6) is 0 Å². The van der Waals surface area contributed by atoms with Gasteiger partial charge in [0.15, 0.2) is 5.03 Å². The molecule has 2 rings (SSSR count). The zero-order valence-electron chi connectivity index (χ0n) is 10.4. The lowest BCUT2D eigenvalue weighted by Crippen LogP contribution is -2.30. The highest BCUT2D eigenvalue weighted by Crippen LogP contribution is 2.48. The minimum Gasteiger partial charge on any atom is -0.332 e. The van der Waals surface area contributed by atoms with Gasteiger partial charge in [0.25, 0.3) is 10.0 Å². The predicted molar refractivity (Wildman–Crippen MR) is 73.2 cm³/mol. The van der Waals surface area contributed by atoms with Crippen molar-refractivity contribution >= 4 is 26.0 Å². The fraction of sp³-hybridized carbons (Fsp3) is 0.727. The smallest absolute Gasteiger partial charge is 0.257 e. The molecule has 1 aliphatic rings. The lowest BCUT2D eigenvalue weighted by molar-refractivity contribution is 0.479. The minimum atomic E-state index is -3.44. The normalized spacial score (nSPS) is 17.9. The molecule has 0 atom stereocenters. The first kappa shape index (κ1) is 14.0. The molecule has 0 aromatic carbocycles. The second-order valence-electron chi connectivity index (χ2n) is 4.81. The van der Waals surface area contributed by atoms with Gasteiger partial charge in [-0.1, -0.05) is 22.9 Å². The second kappa shape index (κ2) is 5.30. The molecule has 0 amide bonds. The van der Waals surface area contributed by atoms with E-state index in [-0.39, 0.29) is 10.4 Å². The van der Waals surface area contributed by atoms with Gasteiger partial charge in [0.2, 0.25) is 0 Å². The molecule has 102 valence electrons. The number of hydrogen-bond acceptors (Lipinski definition) is 3. The van der Waals surface area contributed by atoms with Gasteiger partial charge in [-0.2, -0.15) is 0 Å². The first-order valence-corrected chi connectivity index (χ1v) is 8.71. The molecule has 5 nitrogen and oxygen atoms in total. The largest absolute Gasteiger partial charge is 0.332 e. The molecule has 0 bridgehead atoms. The maximum atomic E-state index is 12.0. The standard InChI is InChI=1S/C11H18BrN3O2S/c1-2-9-13-7-10(15-9)18(16,17)14-8-11(3-4-11)5-6-12/h7,14H,2-6,8H2,1H3,(H,13,15). The number of nitrogens with one attached hydrogen (secondary N) is 2. The summed E-state index contributed by atoms with van der Waals surface area (Å²) in [5.41, 5.74) is 0.171. The van der Waals surface area contributed by atoms with Crippen molar-refractivity contribution in [2.75, 3.05) is 11.9 Å². The van der Waals surface area contributed by atoms with Gasteiger partial charge in [-0.15, -0.1) is 0 Å². The summed E-state index contributed by atoms with van der Waals surface area (Å²) in [5, 5.41) is 1.08. The van der Waals surface area contributed by atoms with Crippen LogP contribution in [0.2, 0.25) is 0 Å². The minimum absolute atomic E-state index is 0.161. The number of aromatic amines is 1. The van der Waals surface area contributed by atoms with Crippen LogP contribution in [0.25, 0.3) is 0 Å². The molecule has 1 saturated carbocycles. The van der Waals surface area contributed by atoms with Crippen molar-refractivity contribution in [2.24, 2.45) is 5.41 Å². The van der Waals surface area contributed by atoms with Crippen LogP contribution >= 0.6 is 15.9 Å². The highest BCUT2D eigenvalue weighted by Gasteiger charge is 2.42. The third-order valence-electron chi connectivity index (χ3n) is 3.45. The zero-order chi connectivity index (χ0) is 13.2. The maximum Gasteiger partial charge on any atom is 0.257 e. The lowest BCUT2D eigenvalue weighted by atomic mass is 10.1. The number of rotatable bonds is 7. The molecule has 2 N–H and O–H groups in total. The Morgan fingerprint density at radius 3 is 2.78 bits per heavy atom. The molecule has 7 heteroatoms. The first-order chi connectivity index (χ1) is 8.51. The van der Waals surface area contributed by atoms with E-state index in [4.69, 9.17) is 0 Å². The number of halogens is 1. The number of sulfonamides is 1. The van der Waals surface area contributed by atoms with Gasteiger partial charge in [0, 0.05) is 18.3 Å². The van der Waals surface area contributed by atoms with Crippen LogP contribution in [0.3, 0.4) is 0 Å². The summed E-state index contributed by atoms with van der Waals surface area (Å²) in [6.45, 7) is 2.44. The van der Waals surface area contributed by atoms with E-state index in [0.29, 0.717) is 18.8 Å². The molecule has 1 aromatic heterocycles. The quantitative estimate of drug-likeness (QED) is 0.746. The summed E-state index contributed by atoms with van der Waals surface area (Å²) in [5.74, 6) is 0.692. The second-order valence-corrected chi connectivity index (χ2v) is 7.34. The average molecular weight is 336 g/mol. The van der Waals surface area contributed by atoms with Crippen LogP contribution in [0, 0.1) is 5.41 Å². The molecule has 1 aromatic rings. The van der Waals surface area contributed by atoms with E-state index in [2.05, 4.69) is 30.6 Å². The number of H-pyrrole nitrogens is 1. The fourth-order valence-corrected chi connectivity index (χ4v) is 3.81. The van der Waals surface area contributed by atoms with E-state index >= 15 is 0 Å². The summed E-state index contributed by atoms with van der Waals surface area (Å²) >= 11 is 3.41. The van der Waals surface area contributed by atoms with Crippen molar-refractivity contribution in [1.29, 1.82) is 0 Å². The van der Waals surface area contributed by atoms with E-state index in [9.17, 15) is 8.42 Å². The van der Waals surface area contributed by atoms with Gasteiger partial charge in [-0.3, -0.25) is 0 Å². The summed E-state index contributed by atoms with van der Waals surface area (Å²) in [7, 11) is -3.44. The molecular weight excluding hydrogens is 318 g/mol. The Kier molecular flexibility index (Phi) is 4.13. The summed E-state index contributed by atoms with van der Waals surface area (Å²) in [6.07, 6.45) is 5.29. The number of hydrogen-bond donors (Lipinski definition) is 2. The van der Waals surface area contributed by atoms with E-state index in [1.807, 2.05) is 6.92 Å². The highest BCUT2D eigenvalue weighted by atomic mass is 79.9. The summed E-state index contributed by atoms with van der Waals surface area (Å²) < 4.78 is 26.8. The number of aromatic nitrogens is 2. The predicted octanol–water partition coefficient (Wildman–Crippen LogP) is 1.82. The van der Waals surface area contributed by atoms with Crippen LogP contribution in [0.4, 0.5) is 0 Å². The van der Waals surface area contributed by atoms with E-state index in [0.717, 1.165) is 24.6 Å². The Morgan fingerprint density at radius 2 is 2.28 bits per heavy atom. The molecule has 0 spiro atoms. The van der Waals surface area contributed by atoms with Crippen molar-refractivity contribution < 1.29 is 8.42 Å². The molecule has 1 fully saturated rings. The van der Waals surface area contributed by atoms with Crippen molar-refractivity contribution in [1.82, 2.24) is 14.7 Å². The van der Waals surface area contributed by atoms with Crippen LogP contribution < -0.4 is 4.72 Å². The summed E-state index contributed by atoms with van der Waals surface area (Å²) in [4.78, 5) is 6.84. The van der Waals surface area contributed by atoms with Gasteiger partial charge < -0.3 is 4.98 Å². The van der Waals surface area contributed by atoms with Crippen LogP contribution in [0.15, 0.2) is 11.2 Å². The molecule has 0 radical (unpaired) electrons. The number of imidazole rings is 1. The van der Waals surface area contributed by atoms with Gasteiger partial charge in [-0.05, 0) is 24.7 Å². The third-order valence-corrected chi connectivity index (χ3v) is 5.16. The van der Waals surface area contributed by atoms with Gasteiger partial charge in [0.05, 0.1) is 6.20 Å². The number of nitrogens with zero attached hydrogens (tertiary/aromatic N) is 1. The Hall–Kier alpha value is -0.400. The SMILES string of the molecule is CCc1ncc(S(=O)(=O)NCC2(CCBr)CC2)[nH]1. The molecular formula is C11H18BrN3O2S. The van der Waals surface area contributed by atoms with E-state index in [1.54, 1.807) is 0 Å². The lowest BCUT2D eigenvalue weighted by Gasteiger charge is -2.13. The maximum absolute atomic E-state index is 12.0. The van der Waals surface area contributed by atoms with Gasteiger partial charge >= 0.3 is 0 Å². The fourth-order valence-electron chi connectivity index (χ4n) is 1.88. The van der Waals surface area contributed by atoms with Gasteiger partial charge in [0.1, 0.15) is 5.82 Å². The topological polar surface area (TPSA) is 74.8 Å². The summed E-state index contributed by atoms with van der Waals surface area (Å²) in [6, 6.07) is 0. The Bertz CT molecular complexity index is 508. The molecule has 18 heavy (non-hydrogen) atoms. The number of aryl methyl sites for hydroxylation is 1. The van der Waals surface area contributed by atoms with Gasteiger partial charge in [-0.25, -0.2) is 18.1 Å². The van der Waals surface area contributed by atoms with Crippen LogP contribution in [-0.4, -0.2) is 30.3 Å². The average Bonchev–Trinajstić information content (AvgIpc) is 2.93. The van der Waals surface area contributed by atoms with Crippen molar-refractivity contribution in [3.63, 3.8) is 0 Å². The third kappa shape index (κ3) is 3.13. The molecule has 1 heterocycles. The van der Waals surface area contributed by atoms with Crippen molar-refractivity contribution in [2.45, 2.75) is 37.6 Å². The highest BCUT2D eigenvalue weighted by molar-refractivity contribution is 9.09. The van der Waals surface area contributed by atoms with Crippen LogP contribution in [0.1, 0.15) is 32.0 Å². The Morgan fingerprint density at radius 1 is 1.56 bits per heavy atom. The Labute approximate surface area is 116 Å². The number of alkyl halides is 1. The molecule has 0 aliphatic heterocycles. The van der Waals surface area contributed by atoms with Crippen LogP contribution in [-0.2, 0) is 16.4 Å². The molecule has 0 saturated heterocycles. The Balaban J connectivity index is 1.99. The van der Waals surface area contributed by atoms with Crippen molar-refractivity contribution in [3.05, 3.63) is 12.0 Å². The monoisotopic (exact) mass is 335 g/mol. The van der Waals surface area contributed by atoms with E-state index in [1.165, 1.54) is 6.20 Å². The zero-order valence-corrected chi connectivity index (χ0v) is 12.8.